The molecule has 0 aliphatic carbocycles. The molecule has 0 amide bonds. The first kappa shape index (κ1) is 19.0. The molecule has 29 heavy (non-hydrogen) atoms. The third-order valence-electron chi connectivity index (χ3n) is 3.95. The molecule has 8 nitrogen and oxygen atoms in total. The van der Waals surface area contributed by atoms with Crippen molar-refractivity contribution in [2.45, 2.75) is 0 Å². The molecule has 0 radical (unpaired) electrons. The van der Waals surface area contributed by atoms with E-state index in [0.717, 1.165) is 9.86 Å². The summed E-state index contributed by atoms with van der Waals surface area (Å²) in [7, 11) is 0. The smallest absolute Gasteiger partial charge is 0.345 e. The van der Waals surface area contributed by atoms with Crippen LogP contribution >= 0.6 is 27.3 Å². The highest BCUT2D eigenvalue weighted by atomic mass is 79.9. The van der Waals surface area contributed by atoms with Gasteiger partial charge in [-0.1, -0.05) is 15.9 Å². The molecule has 0 atom stereocenters. The predicted molar refractivity (Wildman–Crippen MR) is 116 cm³/mol. The van der Waals surface area contributed by atoms with Crippen molar-refractivity contribution in [1.29, 1.82) is 0 Å². The monoisotopic (exact) mass is 470 g/mol. The number of nitro groups is 1. The van der Waals surface area contributed by atoms with Crippen LogP contribution in [0.2, 0.25) is 0 Å². The Kier molecular flexibility index (Phi) is 5.19. The standard InChI is InChI=1S/C19H11BrN4O4S/c20-13-3-6-17-12(7-13)8-15(18(25)28-17)16-10-29-19(22-16)23-21-9-11-1-4-14(5-2-11)24(26)27/h1-10H,(H,22,23). The molecule has 144 valence electrons. The molecule has 2 aromatic heterocycles. The zero-order chi connectivity index (χ0) is 20.4. The molecule has 2 heterocycles. The molecule has 0 saturated carbocycles. The van der Waals surface area contributed by atoms with Crippen LogP contribution in [0.1, 0.15) is 5.56 Å². The van der Waals surface area contributed by atoms with Crippen molar-refractivity contribution in [1.82, 2.24) is 4.98 Å². The summed E-state index contributed by atoms with van der Waals surface area (Å²) in [6.07, 6.45) is 1.52. The van der Waals surface area contributed by atoms with Crippen molar-refractivity contribution in [2.24, 2.45) is 5.10 Å². The zero-order valence-corrected chi connectivity index (χ0v) is 16.9. The summed E-state index contributed by atoms with van der Waals surface area (Å²) in [5.74, 6) is 0. The van der Waals surface area contributed by atoms with Gasteiger partial charge in [-0.2, -0.15) is 5.10 Å². The Hall–Kier alpha value is -3.37. The van der Waals surface area contributed by atoms with E-state index in [0.29, 0.717) is 27.5 Å². The average Bonchev–Trinajstić information content (AvgIpc) is 3.17. The Bertz CT molecular complexity index is 1300. The fraction of sp³-hybridized carbons (Fsp3) is 0. The van der Waals surface area contributed by atoms with Gasteiger partial charge in [0.05, 0.1) is 22.4 Å². The number of aromatic nitrogens is 1. The van der Waals surface area contributed by atoms with Crippen LogP contribution in [0.4, 0.5) is 10.8 Å². The van der Waals surface area contributed by atoms with Gasteiger partial charge in [-0.3, -0.25) is 15.5 Å². The molecule has 0 bridgehead atoms. The first-order chi connectivity index (χ1) is 14.0. The molecule has 10 heteroatoms. The van der Waals surface area contributed by atoms with Gasteiger partial charge >= 0.3 is 5.63 Å². The van der Waals surface area contributed by atoms with E-state index < -0.39 is 10.5 Å². The van der Waals surface area contributed by atoms with E-state index in [1.807, 2.05) is 6.07 Å². The number of fused-ring (bicyclic) bond motifs is 1. The van der Waals surface area contributed by atoms with Gasteiger partial charge in [-0.25, -0.2) is 9.78 Å². The fourth-order valence-corrected chi connectivity index (χ4v) is 3.60. The van der Waals surface area contributed by atoms with E-state index in [1.54, 1.807) is 35.7 Å². The highest BCUT2D eigenvalue weighted by Crippen LogP contribution is 2.26. The second-order valence-electron chi connectivity index (χ2n) is 5.89. The number of benzene rings is 2. The van der Waals surface area contributed by atoms with Crippen molar-refractivity contribution in [3.05, 3.63) is 84.5 Å². The van der Waals surface area contributed by atoms with E-state index in [9.17, 15) is 14.9 Å². The first-order valence-electron chi connectivity index (χ1n) is 8.22. The summed E-state index contributed by atoms with van der Waals surface area (Å²) < 4.78 is 6.25. The van der Waals surface area contributed by atoms with Gasteiger partial charge in [0.25, 0.3) is 5.69 Å². The number of hydrogen-bond acceptors (Lipinski definition) is 8. The number of nitrogens with one attached hydrogen (secondary N) is 1. The highest BCUT2D eigenvalue weighted by molar-refractivity contribution is 9.10. The van der Waals surface area contributed by atoms with Gasteiger partial charge in [-0.05, 0) is 42.0 Å². The number of non-ortho nitro benzene ring substituents is 1. The number of nitro benzene ring substituents is 1. The lowest BCUT2D eigenvalue weighted by Crippen LogP contribution is -2.03. The van der Waals surface area contributed by atoms with Crippen LogP contribution in [-0.4, -0.2) is 16.1 Å². The Labute approximate surface area is 175 Å². The molecular weight excluding hydrogens is 460 g/mol. The quantitative estimate of drug-likeness (QED) is 0.189. The second-order valence-corrected chi connectivity index (χ2v) is 7.66. The molecule has 0 fully saturated rings. The molecule has 1 N–H and O–H groups in total. The Morgan fingerprint density at radius 1 is 1.21 bits per heavy atom. The SMILES string of the molecule is O=c1oc2ccc(Br)cc2cc1-c1csc(NN=Cc2ccc([N+](=O)[O-])cc2)n1. The summed E-state index contributed by atoms with van der Waals surface area (Å²) in [6.45, 7) is 0. The molecular formula is C19H11BrN4O4S. The number of halogens is 1. The first-order valence-corrected chi connectivity index (χ1v) is 9.90. The predicted octanol–water partition coefficient (Wildman–Crippen LogP) is 5.03. The Morgan fingerprint density at radius 3 is 2.76 bits per heavy atom. The van der Waals surface area contributed by atoms with Gasteiger partial charge < -0.3 is 4.42 Å². The van der Waals surface area contributed by atoms with Crippen molar-refractivity contribution in [2.75, 3.05) is 5.43 Å². The van der Waals surface area contributed by atoms with Crippen molar-refractivity contribution < 1.29 is 9.34 Å². The maximum Gasteiger partial charge on any atom is 0.345 e. The van der Waals surface area contributed by atoms with Crippen molar-refractivity contribution in [3.63, 3.8) is 0 Å². The number of rotatable bonds is 5. The molecule has 0 aliphatic heterocycles. The van der Waals surface area contributed by atoms with Crippen LogP contribution in [-0.2, 0) is 0 Å². The minimum absolute atomic E-state index is 0.0147. The third kappa shape index (κ3) is 4.23. The number of hydrazone groups is 1. The second kappa shape index (κ2) is 7.94. The van der Waals surface area contributed by atoms with Gasteiger partial charge in [0.15, 0.2) is 0 Å². The van der Waals surface area contributed by atoms with Crippen molar-refractivity contribution in [3.8, 4) is 11.3 Å². The maximum absolute atomic E-state index is 12.3. The van der Waals surface area contributed by atoms with E-state index >= 15 is 0 Å². The van der Waals surface area contributed by atoms with Gasteiger partial charge in [0, 0.05) is 27.4 Å². The molecule has 4 rings (SSSR count). The lowest BCUT2D eigenvalue weighted by atomic mass is 10.1. The highest BCUT2D eigenvalue weighted by Gasteiger charge is 2.12. The summed E-state index contributed by atoms with van der Waals surface area (Å²) in [6, 6.07) is 13.1. The summed E-state index contributed by atoms with van der Waals surface area (Å²) in [5, 5.41) is 17.8. The largest absolute Gasteiger partial charge is 0.422 e. The van der Waals surface area contributed by atoms with Crippen LogP contribution in [0.25, 0.3) is 22.2 Å². The molecule has 4 aromatic rings. The van der Waals surface area contributed by atoms with E-state index in [-0.39, 0.29) is 5.69 Å². The van der Waals surface area contributed by atoms with Crippen LogP contribution in [0.3, 0.4) is 0 Å². The molecule has 2 aromatic carbocycles. The number of anilines is 1. The summed E-state index contributed by atoms with van der Waals surface area (Å²) in [5.41, 5.74) is 4.38. The van der Waals surface area contributed by atoms with Crippen molar-refractivity contribution >= 4 is 55.3 Å². The minimum atomic E-state index is -0.467. The number of thiazole rings is 1. The van der Waals surface area contributed by atoms with Gasteiger partial charge in [0.1, 0.15) is 5.58 Å². The zero-order valence-electron chi connectivity index (χ0n) is 14.5. The fourth-order valence-electron chi connectivity index (χ4n) is 2.57. The average molecular weight is 471 g/mol. The van der Waals surface area contributed by atoms with E-state index in [2.05, 4.69) is 31.4 Å². The Morgan fingerprint density at radius 2 is 2.00 bits per heavy atom. The minimum Gasteiger partial charge on any atom is -0.422 e. The summed E-state index contributed by atoms with van der Waals surface area (Å²) >= 11 is 4.69. The lowest BCUT2D eigenvalue weighted by Gasteiger charge is -2.00. The maximum atomic E-state index is 12.3. The molecule has 0 unspecified atom stereocenters. The third-order valence-corrected chi connectivity index (χ3v) is 5.19. The van der Waals surface area contributed by atoms with Crippen LogP contribution < -0.4 is 11.1 Å². The van der Waals surface area contributed by atoms with Crippen LogP contribution in [0.5, 0.6) is 0 Å². The lowest BCUT2D eigenvalue weighted by molar-refractivity contribution is -0.384. The van der Waals surface area contributed by atoms with E-state index in [4.69, 9.17) is 4.42 Å². The van der Waals surface area contributed by atoms with Gasteiger partial charge in [-0.15, -0.1) is 11.3 Å². The Balaban J connectivity index is 1.52. The number of nitrogens with zero attached hydrogens (tertiary/aromatic N) is 3. The number of hydrogen-bond donors (Lipinski definition) is 1. The van der Waals surface area contributed by atoms with Gasteiger partial charge in [0.2, 0.25) is 5.13 Å². The molecule has 0 saturated heterocycles. The normalized spacial score (nSPS) is 11.2. The molecule has 0 spiro atoms. The summed E-state index contributed by atoms with van der Waals surface area (Å²) in [4.78, 5) is 26.9. The van der Waals surface area contributed by atoms with Crippen LogP contribution in [0, 0.1) is 10.1 Å². The molecule has 0 aliphatic rings. The van der Waals surface area contributed by atoms with E-state index in [1.165, 1.54) is 29.7 Å². The topological polar surface area (TPSA) is 111 Å². The van der Waals surface area contributed by atoms with Crippen LogP contribution in [0.15, 0.2) is 72.7 Å².